The molecule has 6 nitrogen and oxygen atoms in total. The summed E-state index contributed by atoms with van der Waals surface area (Å²) >= 11 is 0. The summed E-state index contributed by atoms with van der Waals surface area (Å²) in [5, 5.41) is 7.80. The second kappa shape index (κ2) is 8.84. The second-order valence-corrected chi connectivity index (χ2v) is 7.36. The van der Waals surface area contributed by atoms with Crippen LogP contribution in [-0.4, -0.2) is 46.3 Å². The summed E-state index contributed by atoms with van der Waals surface area (Å²) in [6.07, 6.45) is 4.52. The van der Waals surface area contributed by atoms with Gasteiger partial charge < -0.3 is 10.2 Å². The van der Waals surface area contributed by atoms with Crippen molar-refractivity contribution in [1.82, 2.24) is 20.0 Å². The van der Waals surface area contributed by atoms with E-state index >= 15 is 0 Å². The average molecular weight is 407 g/mol. The number of amides is 1. The molecule has 28 heavy (non-hydrogen) atoms. The van der Waals surface area contributed by atoms with E-state index in [1.54, 1.807) is 4.90 Å². The first-order valence-electron chi connectivity index (χ1n) is 9.49. The van der Waals surface area contributed by atoms with Crippen molar-refractivity contribution in [2.24, 2.45) is 5.92 Å². The minimum absolute atomic E-state index is 0. The molecular formula is C20H24ClFN4O2. The molecule has 150 valence electrons. The SMILES string of the molecule is Cl.O=C(c1ccc(=O)n(-c2ccc(F)cc2)n1)N1CCC(NCC2CC2)CC1. The summed E-state index contributed by atoms with van der Waals surface area (Å²) < 4.78 is 14.2. The maximum absolute atomic E-state index is 13.1. The lowest BCUT2D eigenvalue weighted by Gasteiger charge is -2.32. The Labute approximate surface area is 169 Å². The lowest BCUT2D eigenvalue weighted by molar-refractivity contribution is 0.0697. The lowest BCUT2D eigenvalue weighted by atomic mass is 10.0. The van der Waals surface area contributed by atoms with E-state index in [9.17, 15) is 14.0 Å². The largest absolute Gasteiger partial charge is 0.337 e. The highest BCUT2D eigenvalue weighted by atomic mass is 35.5. The fourth-order valence-electron chi connectivity index (χ4n) is 3.40. The van der Waals surface area contributed by atoms with Gasteiger partial charge in [-0.05, 0) is 68.5 Å². The van der Waals surface area contributed by atoms with Gasteiger partial charge in [0.2, 0.25) is 0 Å². The van der Waals surface area contributed by atoms with Gasteiger partial charge in [0, 0.05) is 25.2 Å². The third-order valence-electron chi connectivity index (χ3n) is 5.26. The Morgan fingerprint density at radius 3 is 2.39 bits per heavy atom. The first kappa shape index (κ1) is 20.5. The maximum Gasteiger partial charge on any atom is 0.274 e. The number of carbonyl (C=O) groups excluding carboxylic acids is 1. The van der Waals surface area contributed by atoms with Gasteiger partial charge in [0.05, 0.1) is 5.69 Å². The predicted octanol–water partition coefficient (Wildman–Crippen LogP) is 2.40. The fourth-order valence-corrected chi connectivity index (χ4v) is 3.40. The number of benzene rings is 1. The van der Waals surface area contributed by atoms with E-state index in [0.717, 1.165) is 30.0 Å². The summed E-state index contributed by atoms with van der Waals surface area (Å²) in [6.45, 7) is 2.44. The van der Waals surface area contributed by atoms with Gasteiger partial charge in [-0.25, -0.2) is 4.39 Å². The van der Waals surface area contributed by atoms with Gasteiger partial charge >= 0.3 is 0 Å². The summed E-state index contributed by atoms with van der Waals surface area (Å²) in [5.74, 6) is 0.282. The molecule has 2 aromatic rings. The number of likely N-dealkylation sites (tertiary alicyclic amines) is 1. The van der Waals surface area contributed by atoms with E-state index in [4.69, 9.17) is 0 Å². The molecule has 1 N–H and O–H groups in total. The van der Waals surface area contributed by atoms with Crippen LogP contribution >= 0.6 is 12.4 Å². The topological polar surface area (TPSA) is 67.2 Å². The maximum atomic E-state index is 13.1. The van der Waals surface area contributed by atoms with Crippen molar-refractivity contribution < 1.29 is 9.18 Å². The quantitative estimate of drug-likeness (QED) is 0.828. The molecule has 1 aromatic carbocycles. The zero-order chi connectivity index (χ0) is 18.8. The van der Waals surface area contributed by atoms with Crippen molar-refractivity contribution >= 4 is 18.3 Å². The molecule has 0 unspecified atom stereocenters. The molecule has 0 radical (unpaired) electrons. The molecule has 1 aromatic heterocycles. The van der Waals surface area contributed by atoms with E-state index < -0.39 is 5.82 Å². The number of nitrogens with one attached hydrogen (secondary N) is 1. The molecule has 1 saturated carbocycles. The minimum Gasteiger partial charge on any atom is -0.337 e. The van der Waals surface area contributed by atoms with Crippen LogP contribution in [-0.2, 0) is 0 Å². The number of nitrogens with zero attached hydrogens (tertiary/aromatic N) is 3. The monoisotopic (exact) mass is 406 g/mol. The molecule has 2 heterocycles. The van der Waals surface area contributed by atoms with E-state index in [1.165, 1.54) is 49.2 Å². The van der Waals surface area contributed by atoms with E-state index in [0.29, 0.717) is 24.8 Å². The van der Waals surface area contributed by atoms with Crippen LogP contribution in [0.25, 0.3) is 5.69 Å². The number of rotatable bonds is 5. The summed E-state index contributed by atoms with van der Waals surface area (Å²) in [6, 6.07) is 8.71. The normalized spacial score (nSPS) is 17.2. The zero-order valence-corrected chi connectivity index (χ0v) is 16.3. The standard InChI is InChI=1S/C20H23FN4O2.ClH/c21-15-3-5-17(6-4-15)25-19(26)8-7-18(23-25)20(27)24-11-9-16(10-12-24)22-13-14-1-2-14;/h3-8,14,16,22H,1-2,9-13H2;1H. The number of aromatic nitrogens is 2. The first-order chi connectivity index (χ1) is 13.1. The Morgan fingerprint density at radius 2 is 1.75 bits per heavy atom. The van der Waals surface area contributed by atoms with Gasteiger partial charge in [-0.1, -0.05) is 0 Å². The molecule has 2 fully saturated rings. The Balaban J connectivity index is 0.00000225. The van der Waals surface area contributed by atoms with Crippen molar-refractivity contribution in [3.05, 3.63) is 58.3 Å². The summed E-state index contributed by atoms with van der Waals surface area (Å²) in [5.41, 5.74) is 0.295. The second-order valence-electron chi connectivity index (χ2n) is 7.36. The van der Waals surface area contributed by atoms with Crippen LogP contribution in [0.4, 0.5) is 4.39 Å². The molecule has 1 saturated heterocycles. The molecule has 1 aliphatic heterocycles. The fraction of sp³-hybridized carbons (Fsp3) is 0.450. The van der Waals surface area contributed by atoms with Crippen molar-refractivity contribution in [2.75, 3.05) is 19.6 Å². The smallest absolute Gasteiger partial charge is 0.274 e. The lowest BCUT2D eigenvalue weighted by Crippen LogP contribution is -2.45. The van der Waals surface area contributed by atoms with Crippen molar-refractivity contribution in [3.8, 4) is 5.69 Å². The summed E-state index contributed by atoms with van der Waals surface area (Å²) in [7, 11) is 0. The number of hydrogen-bond donors (Lipinski definition) is 1. The van der Waals surface area contributed by atoms with Gasteiger partial charge in [-0.15, -0.1) is 12.4 Å². The van der Waals surface area contributed by atoms with Crippen LogP contribution in [0, 0.1) is 11.7 Å². The van der Waals surface area contributed by atoms with Crippen LogP contribution in [0.2, 0.25) is 0 Å². The number of carbonyl (C=O) groups is 1. The first-order valence-corrected chi connectivity index (χ1v) is 9.49. The van der Waals surface area contributed by atoms with Gasteiger partial charge in [0.25, 0.3) is 11.5 Å². The average Bonchev–Trinajstić information content (AvgIpc) is 3.52. The third-order valence-corrected chi connectivity index (χ3v) is 5.26. The van der Waals surface area contributed by atoms with Crippen LogP contribution in [0.3, 0.4) is 0 Å². The molecule has 0 spiro atoms. The zero-order valence-electron chi connectivity index (χ0n) is 15.5. The Hall–Kier alpha value is -2.25. The molecule has 0 bridgehead atoms. The highest BCUT2D eigenvalue weighted by Gasteiger charge is 2.27. The Kier molecular flexibility index (Phi) is 6.46. The van der Waals surface area contributed by atoms with Crippen molar-refractivity contribution in [1.29, 1.82) is 0 Å². The van der Waals surface area contributed by atoms with Gasteiger partial charge in [-0.3, -0.25) is 9.59 Å². The van der Waals surface area contributed by atoms with E-state index in [1.807, 2.05) is 0 Å². The number of hydrogen-bond acceptors (Lipinski definition) is 4. The minimum atomic E-state index is -0.391. The van der Waals surface area contributed by atoms with Crippen LogP contribution in [0.5, 0.6) is 0 Å². The number of piperidine rings is 1. The van der Waals surface area contributed by atoms with Crippen molar-refractivity contribution in [3.63, 3.8) is 0 Å². The van der Waals surface area contributed by atoms with Crippen molar-refractivity contribution in [2.45, 2.75) is 31.7 Å². The molecule has 1 amide bonds. The molecule has 2 aliphatic rings. The molecular weight excluding hydrogens is 383 g/mol. The van der Waals surface area contributed by atoms with Crippen LogP contribution < -0.4 is 10.9 Å². The molecule has 1 aliphatic carbocycles. The third kappa shape index (κ3) is 4.77. The van der Waals surface area contributed by atoms with E-state index in [-0.39, 0.29) is 29.6 Å². The van der Waals surface area contributed by atoms with Crippen LogP contribution in [0.1, 0.15) is 36.2 Å². The molecule has 0 atom stereocenters. The Bertz CT molecular complexity index is 875. The van der Waals surface area contributed by atoms with Gasteiger partial charge in [0.1, 0.15) is 11.5 Å². The molecule has 8 heteroatoms. The highest BCUT2D eigenvalue weighted by molar-refractivity contribution is 5.92. The predicted molar refractivity (Wildman–Crippen MR) is 107 cm³/mol. The molecule has 4 rings (SSSR count). The van der Waals surface area contributed by atoms with Gasteiger partial charge in [0.15, 0.2) is 0 Å². The number of halogens is 2. The Morgan fingerprint density at radius 1 is 1.07 bits per heavy atom. The summed E-state index contributed by atoms with van der Waals surface area (Å²) in [4.78, 5) is 26.7. The highest BCUT2D eigenvalue weighted by Crippen LogP contribution is 2.28. The van der Waals surface area contributed by atoms with Crippen LogP contribution in [0.15, 0.2) is 41.2 Å². The van der Waals surface area contributed by atoms with E-state index in [2.05, 4.69) is 10.4 Å². The van der Waals surface area contributed by atoms with Gasteiger partial charge in [-0.2, -0.15) is 9.78 Å².